The number of hydrogen-bond donors (Lipinski definition) is 1. The van der Waals surface area contributed by atoms with Gasteiger partial charge in [0.15, 0.2) is 0 Å². The first-order chi connectivity index (χ1) is 17.3. The van der Waals surface area contributed by atoms with Gasteiger partial charge in [0.2, 0.25) is 0 Å². The van der Waals surface area contributed by atoms with Crippen LogP contribution in [0.5, 0.6) is 0 Å². The Hall–Kier alpha value is -4.36. The molecule has 3 aromatic carbocycles. The van der Waals surface area contributed by atoms with E-state index in [-0.39, 0.29) is 16.6 Å². The molecule has 0 spiro atoms. The number of halogens is 1. The van der Waals surface area contributed by atoms with E-state index in [0.717, 1.165) is 11.1 Å². The Morgan fingerprint density at radius 2 is 1.31 bits per heavy atom. The number of fused-ring (bicyclic) bond motifs is 1. The first-order valence-corrected chi connectivity index (χ1v) is 11.7. The van der Waals surface area contributed by atoms with E-state index in [1.807, 2.05) is 44.2 Å². The molecule has 0 radical (unpaired) electrons. The summed E-state index contributed by atoms with van der Waals surface area (Å²) in [6, 6.07) is 22.9. The van der Waals surface area contributed by atoms with Crippen molar-refractivity contribution in [3.63, 3.8) is 0 Å². The van der Waals surface area contributed by atoms with Crippen LogP contribution in [0.25, 0.3) is 22.4 Å². The molecule has 0 aliphatic carbocycles. The molecule has 0 saturated heterocycles. The molecule has 0 unspecified atom stereocenters. The summed E-state index contributed by atoms with van der Waals surface area (Å²) in [5.74, 6) is 0. The van der Waals surface area contributed by atoms with Crippen molar-refractivity contribution in [2.45, 2.75) is 13.8 Å². The maximum Gasteiger partial charge on any atom is 0.341 e. The molecule has 2 heterocycles. The highest BCUT2D eigenvalue weighted by molar-refractivity contribution is 6.30. The number of rotatable bonds is 4. The zero-order valence-corrected chi connectivity index (χ0v) is 20.7. The van der Waals surface area contributed by atoms with Gasteiger partial charge in [-0.15, -0.1) is 0 Å². The average Bonchev–Trinajstić information content (AvgIpc) is 2.85. The van der Waals surface area contributed by atoms with Crippen molar-refractivity contribution >= 4 is 34.0 Å². The molecule has 0 aliphatic rings. The maximum absolute atomic E-state index is 14.1. The molecule has 0 saturated carbocycles. The number of pyridine rings is 1. The van der Waals surface area contributed by atoms with Gasteiger partial charge in [-0.3, -0.25) is 14.2 Å². The van der Waals surface area contributed by atoms with E-state index in [1.165, 1.54) is 19.8 Å². The SMILES string of the molecule is Cc1ccccc1-n1c(=O)c2c(Nc3ccc(Cl)cc3)cc(=O)n(C)c2n(-c2ccccc2C)c1=O. The minimum absolute atomic E-state index is 0.202. The molecular formula is C28H23ClN4O3. The molecule has 0 atom stereocenters. The van der Waals surface area contributed by atoms with Gasteiger partial charge in [-0.25, -0.2) is 13.9 Å². The van der Waals surface area contributed by atoms with Crippen LogP contribution in [-0.2, 0) is 7.05 Å². The van der Waals surface area contributed by atoms with Crippen molar-refractivity contribution in [3.8, 4) is 11.4 Å². The molecule has 180 valence electrons. The van der Waals surface area contributed by atoms with Crippen molar-refractivity contribution in [1.29, 1.82) is 0 Å². The third-order valence-electron chi connectivity index (χ3n) is 6.26. The van der Waals surface area contributed by atoms with Crippen LogP contribution < -0.4 is 22.1 Å². The van der Waals surface area contributed by atoms with Crippen molar-refractivity contribution < 1.29 is 0 Å². The molecule has 5 aromatic rings. The van der Waals surface area contributed by atoms with E-state index in [1.54, 1.807) is 49.5 Å². The second-order valence-corrected chi connectivity index (χ2v) is 9.05. The third-order valence-corrected chi connectivity index (χ3v) is 6.51. The fourth-order valence-electron chi connectivity index (χ4n) is 4.39. The number of para-hydroxylation sites is 2. The van der Waals surface area contributed by atoms with Crippen LogP contribution >= 0.6 is 11.6 Å². The van der Waals surface area contributed by atoms with Gasteiger partial charge in [-0.1, -0.05) is 48.0 Å². The topological polar surface area (TPSA) is 78.0 Å². The summed E-state index contributed by atoms with van der Waals surface area (Å²) in [6.07, 6.45) is 0. The minimum Gasteiger partial charge on any atom is -0.355 e. The normalized spacial score (nSPS) is 11.1. The van der Waals surface area contributed by atoms with Crippen molar-refractivity contribution in [3.05, 3.63) is 126 Å². The number of nitrogens with zero attached hydrogens (tertiary/aromatic N) is 3. The predicted octanol–water partition coefficient (Wildman–Crippen LogP) is 4.85. The second-order valence-electron chi connectivity index (χ2n) is 8.62. The van der Waals surface area contributed by atoms with Crippen LogP contribution in [0.15, 0.2) is 93.2 Å². The lowest BCUT2D eigenvalue weighted by atomic mass is 10.1. The summed E-state index contributed by atoms with van der Waals surface area (Å²) in [5.41, 5.74) is 2.33. The van der Waals surface area contributed by atoms with E-state index in [9.17, 15) is 14.4 Å². The summed E-state index contributed by atoms with van der Waals surface area (Å²) in [5, 5.41) is 3.95. The number of aromatic nitrogens is 3. The van der Waals surface area contributed by atoms with E-state index >= 15 is 0 Å². The molecule has 7 nitrogen and oxygen atoms in total. The number of hydrogen-bond acceptors (Lipinski definition) is 4. The van der Waals surface area contributed by atoms with Gasteiger partial charge in [-0.2, -0.15) is 0 Å². The Labute approximate surface area is 211 Å². The molecule has 1 N–H and O–H groups in total. The zero-order valence-electron chi connectivity index (χ0n) is 19.9. The maximum atomic E-state index is 14.1. The first kappa shape index (κ1) is 23.4. The lowest BCUT2D eigenvalue weighted by Crippen LogP contribution is -2.41. The molecule has 8 heteroatoms. The minimum atomic E-state index is -0.560. The Balaban J connectivity index is 1.99. The fourth-order valence-corrected chi connectivity index (χ4v) is 4.52. The largest absolute Gasteiger partial charge is 0.355 e. The van der Waals surface area contributed by atoms with E-state index in [2.05, 4.69) is 5.32 Å². The Morgan fingerprint density at radius 1 is 0.750 bits per heavy atom. The smallest absolute Gasteiger partial charge is 0.341 e. The molecule has 0 aliphatic heterocycles. The highest BCUT2D eigenvalue weighted by Crippen LogP contribution is 2.25. The van der Waals surface area contributed by atoms with Gasteiger partial charge in [0, 0.05) is 23.8 Å². The summed E-state index contributed by atoms with van der Waals surface area (Å²) < 4.78 is 3.94. The molecule has 0 bridgehead atoms. The van der Waals surface area contributed by atoms with E-state index in [0.29, 0.717) is 27.8 Å². The van der Waals surface area contributed by atoms with Gasteiger partial charge < -0.3 is 5.32 Å². The molecule has 5 rings (SSSR count). The third kappa shape index (κ3) is 3.83. The number of nitrogens with one attached hydrogen (secondary N) is 1. The lowest BCUT2D eigenvalue weighted by molar-refractivity contribution is 0.779. The average molecular weight is 499 g/mol. The van der Waals surface area contributed by atoms with Crippen LogP contribution in [-0.4, -0.2) is 13.7 Å². The summed E-state index contributed by atoms with van der Waals surface area (Å²) in [7, 11) is 1.56. The van der Waals surface area contributed by atoms with E-state index in [4.69, 9.17) is 11.6 Å². The van der Waals surface area contributed by atoms with Gasteiger partial charge >= 0.3 is 5.69 Å². The fraction of sp³-hybridized carbons (Fsp3) is 0.107. The molecule has 36 heavy (non-hydrogen) atoms. The standard InChI is InChI=1S/C28H23ClN4O3/c1-17-8-4-6-10-22(17)32-26-25(27(35)33(28(32)36)23-11-7-5-9-18(23)2)21(16-24(34)31(26)3)30-20-14-12-19(29)13-15-20/h4-16,30H,1-3H3. The number of anilines is 2. The summed E-state index contributed by atoms with van der Waals surface area (Å²) in [4.78, 5) is 41.2. The molecule has 0 amide bonds. The second kappa shape index (κ2) is 9.02. The number of aryl methyl sites for hydroxylation is 3. The molecule has 2 aromatic heterocycles. The Kier molecular flexibility index (Phi) is 5.86. The Morgan fingerprint density at radius 3 is 1.89 bits per heavy atom. The van der Waals surface area contributed by atoms with E-state index < -0.39 is 11.2 Å². The van der Waals surface area contributed by atoms with Crippen LogP contribution in [0.4, 0.5) is 11.4 Å². The Bertz CT molecular complexity index is 1820. The van der Waals surface area contributed by atoms with Gasteiger partial charge in [-0.05, 0) is 61.4 Å². The van der Waals surface area contributed by atoms with Crippen LogP contribution in [0.2, 0.25) is 5.02 Å². The lowest BCUT2D eigenvalue weighted by Gasteiger charge is -2.20. The van der Waals surface area contributed by atoms with Crippen molar-refractivity contribution in [2.75, 3.05) is 5.32 Å². The number of benzene rings is 3. The predicted molar refractivity (Wildman–Crippen MR) is 145 cm³/mol. The van der Waals surface area contributed by atoms with Crippen LogP contribution in [0.1, 0.15) is 11.1 Å². The van der Waals surface area contributed by atoms with Crippen molar-refractivity contribution in [1.82, 2.24) is 13.7 Å². The monoisotopic (exact) mass is 498 g/mol. The van der Waals surface area contributed by atoms with Crippen LogP contribution in [0, 0.1) is 13.8 Å². The molecular weight excluding hydrogens is 476 g/mol. The van der Waals surface area contributed by atoms with Crippen LogP contribution in [0.3, 0.4) is 0 Å². The van der Waals surface area contributed by atoms with Gasteiger partial charge in [0.05, 0.1) is 17.1 Å². The summed E-state index contributed by atoms with van der Waals surface area (Å²) in [6.45, 7) is 3.72. The molecule has 0 fully saturated rings. The van der Waals surface area contributed by atoms with Gasteiger partial charge in [0.1, 0.15) is 11.0 Å². The highest BCUT2D eigenvalue weighted by atomic mass is 35.5. The van der Waals surface area contributed by atoms with Crippen molar-refractivity contribution in [2.24, 2.45) is 7.05 Å². The quantitative estimate of drug-likeness (QED) is 0.384. The first-order valence-electron chi connectivity index (χ1n) is 11.3. The zero-order chi connectivity index (χ0) is 25.6. The van der Waals surface area contributed by atoms with Gasteiger partial charge in [0.25, 0.3) is 11.1 Å². The highest BCUT2D eigenvalue weighted by Gasteiger charge is 2.23. The summed E-state index contributed by atoms with van der Waals surface area (Å²) >= 11 is 6.03.